The molecule has 2 aromatic carbocycles. The molecule has 0 unspecified atom stereocenters. The first-order valence-electron chi connectivity index (χ1n) is 8.65. The van der Waals surface area contributed by atoms with Crippen molar-refractivity contribution in [3.05, 3.63) is 59.1 Å². The van der Waals surface area contributed by atoms with Gasteiger partial charge < -0.3 is 15.4 Å². The van der Waals surface area contributed by atoms with Gasteiger partial charge in [-0.05, 0) is 54.8 Å². The molecule has 1 saturated carbocycles. The Hall–Kier alpha value is -2.53. The van der Waals surface area contributed by atoms with Crippen LogP contribution < -0.4 is 15.4 Å². The number of nitrogens with one attached hydrogen (secondary N) is 2. The zero-order valence-corrected chi connectivity index (χ0v) is 15.1. The Morgan fingerprint density at radius 1 is 1.04 bits per heavy atom. The highest BCUT2D eigenvalue weighted by molar-refractivity contribution is 6.30. The molecule has 1 aliphatic carbocycles. The average molecular weight is 373 g/mol. The molecule has 136 valence electrons. The van der Waals surface area contributed by atoms with Gasteiger partial charge in [-0.25, -0.2) is 0 Å². The van der Waals surface area contributed by atoms with E-state index in [0.29, 0.717) is 23.1 Å². The van der Waals surface area contributed by atoms with Crippen molar-refractivity contribution in [2.45, 2.75) is 25.9 Å². The first-order chi connectivity index (χ1) is 12.6. The fourth-order valence-electron chi connectivity index (χ4n) is 2.57. The van der Waals surface area contributed by atoms with Crippen LogP contribution in [-0.4, -0.2) is 18.4 Å². The Bertz CT molecular complexity index is 756. The maximum atomic E-state index is 11.9. The van der Waals surface area contributed by atoms with Crippen molar-refractivity contribution in [1.82, 2.24) is 5.32 Å². The van der Waals surface area contributed by atoms with Crippen LogP contribution in [0.15, 0.2) is 48.5 Å². The molecule has 1 aliphatic rings. The molecule has 0 heterocycles. The molecule has 0 radical (unpaired) electrons. The highest BCUT2D eigenvalue weighted by Crippen LogP contribution is 2.26. The fraction of sp³-hybridized carbons (Fsp3) is 0.300. The number of halogens is 1. The third-order valence-electron chi connectivity index (χ3n) is 4.36. The van der Waals surface area contributed by atoms with Crippen LogP contribution in [0.3, 0.4) is 0 Å². The van der Waals surface area contributed by atoms with Gasteiger partial charge in [0.2, 0.25) is 11.8 Å². The lowest BCUT2D eigenvalue weighted by Crippen LogP contribution is -2.39. The smallest absolute Gasteiger partial charge is 0.243 e. The van der Waals surface area contributed by atoms with E-state index in [9.17, 15) is 9.59 Å². The van der Waals surface area contributed by atoms with Gasteiger partial charge in [0.25, 0.3) is 0 Å². The van der Waals surface area contributed by atoms with Crippen LogP contribution in [0.2, 0.25) is 5.02 Å². The Kier molecular flexibility index (Phi) is 6.12. The van der Waals surface area contributed by atoms with Crippen molar-refractivity contribution in [1.29, 1.82) is 0 Å². The number of benzene rings is 2. The normalized spacial score (nSPS) is 13.6. The zero-order chi connectivity index (χ0) is 18.4. The van der Waals surface area contributed by atoms with E-state index in [1.165, 1.54) is 0 Å². The van der Waals surface area contributed by atoms with Gasteiger partial charge in [-0.1, -0.05) is 30.2 Å². The summed E-state index contributed by atoms with van der Waals surface area (Å²) in [7, 11) is 0. The molecule has 2 aromatic rings. The van der Waals surface area contributed by atoms with Crippen molar-refractivity contribution >= 4 is 29.1 Å². The highest BCUT2D eigenvalue weighted by Gasteiger charge is 2.25. The molecule has 0 bridgehead atoms. The summed E-state index contributed by atoms with van der Waals surface area (Å²) >= 11 is 5.85. The van der Waals surface area contributed by atoms with Gasteiger partial charge in [-0.2, -0.15) is 0 Å². The van der Waals surface area contributed by atoms with Crippen LogP contribution in [0.25, 0.3) is 0 Å². The number of carbonyl (C=O) groups is 2. The number of ether oxygens (including phenoxy) is 1. The van der Waals surface area contributed by atoms with E-state index < -0.39 is 0 Å². The SMILES string of the molecule is O=C(CNC(=O)C1CCC1)Nc1ccc(OCc2ccc(Cl)cc2)cc1. The number of hydrogen-bond acceptors (Lipinski definition) is 3. The summed E-state index contributed by atoms with van der Waals surface area (Å²) in [5.74, 6) is 0.515. The van der Waals surface area contributed by atoms with Gasteiger partial charge in [0.05, 0.1) is 6.54 Å². The number of amides is 2. The molecule has 0 atom stereocenters. The van der Waals surface area contributed by atoms with Crippen molar-refractivity contribution < 1.29 is 14.3 Å². The molecule has 0 aliphatic heterocycles. The van der Waals surface area contributed by atoms with Gasteiger partial charge in [0.1, 0.15) is 12.4 Å². The van der Waals surface area contributed by atoms with E-state index in [1.807, 2.05) is 24.3 Å². The molecule has 2 amide bonds. The first-order valence-corrected chi connectivity index (χ1v) is 9.03. The van der Waals surface area contributed by atoms with Crippen molar-refractivity contribution in [2.75, 3.05) is 11.9 Å². The van der Waals surface area contributed by atoms with Gasteiger partial charge in [0, 0.05) is 16.6 Å². The molecule has 2 N–H and O–H groups in total. The second-order valence-corrected chi connectivity index (χ2v) is 6.77. The summed E-state index contributed by atoms with van der Waals surface area (Å²) in [5.41, 5.74) is 1.68. The Labute approximate surface area is 157 Å². The average Bonchev–Trinajstić information content (AvgIpc) is 2.59. The van der Waals surface area contributed by atoms with Crippen molar-refractivity contribution in [2.24, 2.45) is 5.92 Å². The quantitative estimate of drug-likeness (QED) is 0.777. The summed E-state index contributed by atoms with van der Waals surface area (Å²) < 4.78 is 5.70. The summed E-state index contributed by atoms with van der Waals surface area (Å²) in [6.07, 6.45) is 2.94. The zero-order valence-electron chi connectivity index (χ0n) is 14.3. The van der Waals surface area contributed by atoms with E-state index >= 15 is 0 Å². The Morgan fingerprint density at radius 2 is 1.73 bits per heavy atom. The molecule has 0 aromatic heterocycles. The lowest BCUT2D eigenvalue weighted by Gasteiger charge is -2.23. The Balaban J connectivity index is 1.42. The van der Waals surface area contributed by atoms with Crippen LogP contribution in [0.5, 0.6) is 5.75 Å². The van der Waals surface area contributed by atoms with E-state index in [2.05, 4.69) is 10.6 Å². The van der Waals surface area contributed by atoms with Gasteiger partial charge in [0.15, 0.2) is 0 Å². The standard InChI is InChI=1S/C20H21ClN2O3/c21-16-6-4-14(5-7-16)13-26-18-10-8-17(9-11-18)23-19(24)12-22-20(25)15-2-1-3-15/h4-11,15H,1-3,12-13H2,(H,22,25)(H,23,24). The van der Waals surface area contributed by atoms with Gasteiger partial charge in [-0.15, -0.1) is 0 Å². The van der Waals surface area contributed by atoms with E-state index in [4.69, 9.17) is 16.3 Å². The molecule has 1 fully saturated rings. The third kappa shape index (κ3) is 5.23. The molecule has 3 rings (SSSR count). The van der Waals surface area contributed by atoms with E-state index in [0.717, 1.165) is 24.8 Å². The Morgan fingerprint density at radius 3 is 2.35 bits per heavy atom. The topological polar surface area (TPSA) is 67.4 Å². The molecule has 0 spiro atoms. The van der Waals surface area contributed by atoms with Crippen LogP contribution in [0.4, 0.5) is 5.69 Å². The molecular weight excluding hydrogens is 352 g/mol. The number of hydrogen-bond donors (Lipinski definition) is 2. The van der Waals surface area contributed by atoms with Crippen LogP contribution in [0, 0.1) is 5.92 Å². The fourth-order valence-corrected chi connectivity index (χ4v) is 2.70. The maximum Gasteiger partial charge on any atom is 0.243 e. The summed E-state index contributed by atoms with van der Waals surface area (Å²) in [5, 5.41) is 6.12. The number of anilines is 1. The lowest BCUT2D eigenvalue weighted by atomic mass is 9.85. The minimum Gasteiger partial charge on any atom is -0.489 e. The monoisotopic (exact) mass is 372 g/mol. The second-order valence-electron chi connectivity index (χ2n) is 6.33. The largest absolute Gasteiger partial charge is 0.489 e. The summed E-state index contributed by atoms with van der Waals surface area (Å²) in [4.78, 5) is 23.6. The minimum absolute atomic E-state index is 0.00977. The van der Waals surface area contributed by atoms with E-state index in [1.54, 1.807) is 24.3 Å². The van der Waals surface area contributed by atoms with Gasteiger partial charge >= 0.3 is 0 Å². The van der Waals surface area contributed by atoms with Gasteiger partial charge in [-0.3, -0.25) is 9.59 Å². The van der Waals surface area contributed by atoms with Crippen molar-refractivity contribution in [3.63, 3.8) is 0 Å². The summed E-state index contributed by atoms with van der Waals surface area (Å²) in [6, 6.07) is 14.6. The molecule has 5 nitrogen and oxygen atoms in total. The predicted molar refractivity (Wildman–Crippen MR) is 101 cm³/mol. The lowest BCUT2D eigenvalue weighted by molar-refractivity contribution is -0.129. The molecule has 26 heavy (non-hydrogen) atoms. The first kappa shape index (κ1) is 18.3. The minimum atomic E-state index is -0.243. The molecule has 6 heteroatoms. The predicted octanol–water partition coefficient (Wildman–Crippen LogP) is 3.77. The van der Waals surface area contributed by atoms with E-state index in [-0.39, 0.29) is 24.3 Å². The number of rotatable bonds is 7. The van der Waals surface area contributed by atoms with Crippen LogP contribution in [0.1, 0.15) is 24.8 Å². The van der Waals surface area contributed by atoms with Crippen molar-refractivity contribution in [3.8, 4) is 5.75 Å². The molecular formula is C20H21ClN2O3. The van der Waals surface area contributed by atoms with Crippen LogP contribution >= 0.6 is 11.6 Å². The maximum absolute atomic E-state index is 11.9. The highest BCUT2D eigenvalue weighted by atomic mass is 35.5. The van der Waals surface area contributed by atoms with Crippen LogP contribution in [-0.2, 0) is 16.2 Å². The third-order valence-corrected chi connectivity index (χ3v) is 4.61. The molecule has 0 saturated heterocycles. The second kappa shape index (κ2) is 8.72. The summed E-state index contributed by atoms with van der Waals surface area (Å²) in [6.45, 7) is 0.431. The number of carbonyl (C=O) groups excluding carboxylic acids is 2.